The minimum absolute atomic E-state index is 0.814. The van der Waals surface area contributed by atoms with Crippen molar-refractivity contribution in [2.24, 2.45) is 0 Å². The maximum atomic E-state index is 5.31. The van der Waals surface area contributed by atoms with Crippen LogP contribution in [0.15, 0.2) is 0 Å². The van der Waals surface area contributed by atoms with Gasteiger partial charge in [0.25, 0.3) is 0 Å². The standard InChI is InChI=1S/C8H19NO3S2Si/c1-9-8(13)14-6-5-7-15(10-2,11-3)12-4/h5-7H2,1-4H3,(H,9,13). The van der Waals surface area contributed by atoms with Crippen LogP contribution in [-0.4, -0.2) is 47.3 Å². The third-order valence-corrected chi connectivity index (χ3v) is 6.35. The Morgan fingerprint density at radius 3 is 2.20 bits per heavy atom. The lowest BCUT2D eigenvalue weighted by Gasteiger charge is -2.24. The topological polar surface area (TPSA) is 39.7 Å². The number of thiocarbonyl (C=S) groups is 1. The molecule has 0 bridgehead atoms. The van der Waals surface area contributed by atoms with Crippen molar-refractivity contribution in [3.63, 3.8) is 0 Å². The van der Waals surface area contributed by atoms with Gasteiger partial charge in [0.2, 0.25) is 0 Å². The number of rotatable bonds is 7. The van der Waals surface area contributed by atoms with Gasteiger partial charge >= 0.3 is 8.80 Å². The molecule has 0 unspecified atom stereocenters. The van der Waals surface area contributed by atoms with Crippen molar-refractivity contribution >= 4 is 37.1 Å². The molecule has 0 aromatic rings. The molecule has 0 atom stereocenters. The number of hydrogen-bond acceptors (Lipinski definition) is 5. The van der Waals surface area contributed by atoms with E-state index >= 15 is 0 Å². The molecule has 0 saturated carbocycles. The fourth-order valence-electron chi connectivity index (χ4n) is 1.08. The fraction of sp³-hybridized carbons (Fsp3) is 0.875. The molecular weight excluding hydrogens is 250 g/mol. The second-order valence-electron chi connectivity index (χ2n) is 2.78. The van der Waals surface area contributed by atoms with Gasteiger partial charge in [-0.1, -0.05) is 24.0 Å². The normalized spacial score (nSPS) is 11.5. The van der Waals surface area contributed by atoms with Crippen LogP contribution in [-0.2, 0) is 13.3 Å². The molecule has 90 valence electrons. The van der Waals surface area contributed by atoms with Gasteiger partial charge in [0.15, 0.2) is 0 Å². The Bertz CT molecular complexity index is 182. The van der Waals surface area contributed by atoms with Gasteiger partial charge in [0, 0.05) is 40.2 Å². The molecule has 0 aliphatic carbocycles. The highest BCUT2D eigenvalue weighted by Gasteiger charge is 2.36. The van der Waals surface area contributed by atoms with Crippen LogP contribution in [0.4, 0.5) is 0 Å². The van der Waals surface area contributed by atoms with Gasteiger partial charge in [-0.05, 0) is 6.42 Å². The van der Waals surface area contributed by atoms with Crippen molar-refractivity contribution in [1.29, 1.82) is 0 Å². The molecule has 0 aliphatic rings. The third-order valence-electron chi connectivity index (χ3n) is 2.00. The lowest BCUT2D eigenvalue weighted by Crippen LogP contribution is -2.42. The van der Waals surface area contributed by atoms with Crippen LogP contribution < -0.4 is 5.32 Å². The smallest absolute Gasteiger partial charge is 0.377 e. The zero-order valence-electron chi connectivity index (χ0n) is 9.66. The fourth-order valence-corrected chi connectivity index (χ4v) is 3.93. The summed E-state index contributed by atoms with van der Waals surface area (Å²) in [6.45, 7) is 0. The minimum Gasteiger partial charge on any atom is -0.377 e. The largest absolute Gasteiger partial charge is 0.500 e. The molecule has 0 aromatic carbocycles. The van der Waals surface area contributed by atoms with Gasteiger partial charge in [0.1, 0.15) is 4.32 Å². The van der Waals surface area contributed by atoms with Crippen molar-refractivity contribution in [3.05, 3.63) is 0 Å². The van der Waals surface area contributed by atoms with Gasteiger partial charge in [-0.15, -0.1) is 0 Å². The molecule has 0 amide bonds. The Kier molecular flexibility index (Phi) is 8.67. The predicted octanol–water partition coefficient (Wildman–Crippen LogP) is 1.49. The molecule has 0 heterocycles. The van der Waals surface area contributed by atoms with Gasteiger partial charge < -0.3 is 18.6 Å². The second kappa shape index (κ2) is 8.48. The zero-order valence-corrected chi connectivity index (χ0v) is 12.3. The first-order valence-corrected chi connectivity index (χ1v) is 7.96. The lowest BCUT2D eigenvalue weighted by atomic mass is 10.6. The van der Waals surface area contributed by atoms with E-state index in [1.807, 2.05) is 7.05 Å². The maximum Gasteiger partial charge on any atom is 0.500 e. The Balaban J connectivity index is 3.76. The van der Waals surface area contributed by atoms with Crippen LogP contribution in [0.1, 0.15) is 6.42 Å². The minimum atomic E-state index is -2.38. The highest BCUT2D eigenvalue weighted by Crippen LogP contribution is 2.17. The summed E-state index contributed by atoms with van der Waals surface area (Å²) >= 11 is 6.64. The first-order chi connectivity index (χ1) is 7.14. The van der Waals surface area contributed by atoms with Crippen LogP contribution in [0.2, 0.25) is 6.04 Å². The van der Waals surface area contributed by atoms with E-state index in [4.69, 9.17) is 25.5 Å². The lowest BCUT2D eigenvalue weighted by molar-refractivity contribution is 0.123. The molecule has 0 spiro atoms. The molecule has 0 aliphatic heterocycles. The van der Waals surface area contributed by atoms with E-state index in [0.717, 1.165) is 22.5 Å². The Labute approximate surface area is 102 Å². The first-order valence-electron chi connectivity index (χ1n) is 4.64. The Morgan fingerprint density at radius 1 is 1.27 bits per heavy atom. The van der Waals surface area contributed by atoms with Crippen LogP contribution in [0.5, 0.6) is 0 Å². The van der Waals surface area contributed by atoms with Crippen LogP contribution in [0.3, 0.4) is 0 Å². The van der Waals surface area contributed by atoms with Gasteiger partial charge in [-0.2, -0.15) is 0 Å². The summed E-state index contributed by atoms with van der Waals surface area (Å²) in [4.78, 5) is 0. The molecule has 4 nitrogen and oxygen atoms in total. The first kappa shape index (κ1) is 15.3. The van der Waals surface area contributed by atoms with Crippen LogP contribution in [0, 0.1) is 0 Å². The molecule has 0 rings (SSSR count). The van der Waals surface area contributed by atoms with E-state index in [1.54, 1.807) is 33.1 Å². The van der Waals surface area contributed by atoms with Crippen molar-refractivity contribution < 1.29 is 13.3 Å². The molecule has 7 heteroatoms. The summed E-state index contributed by atoms with van der Waals surface area (Å²) in [6.07, 6.45) is 0.966. The molecule has 0 aromatic heterocycles. The molecule has 0 saturated heterocycles. The van der Waals surface area contributed by atoms with E-state index in [-0.39, 0.29) is 0 Å². The van der Waals surface area contributed by atoms with Crippen LogP contribution >= 0.6 is 24.0 Å². The van der Waals surface area contributed by atoms with E-state index in [0.29, 0.717) is 0 Å². The van der Waals surface area contributed by atoms with Crippen molar-refractivity contribution in [2.75, 3.05) is 34.1 Å². The van der Waals surface area contributed by atoms with Gasteiger partial charge in [-0.3, -0.25) is 0 Å². The molecule has 0 radical (unpaired) electrons. The average Bonchev–Trinajstić information content (AvgIpc) is 2.30. The number of nitrogens with one attached hydrogen (secondary N) is 1. The summed E-state index contributed by atoms with van der Waals surface area (Å²) in [6, 6.07) is 0.815. The average molecular weight is 269 g/mol. The summed E-state index contributed by atoms with van der Waals surface area (Å²) in [5, 5.41) is 2.92. The summed E-state index contributed by atoms with van der Waals surface area (Å²) in [5.74, 6) is 0.949. The maximum absolute atomic E-state index is 5.31. The van der Waals surface area contributed by atoms with E-state index in [2.05, 4.69) is 5.32 Å². The summed E-state index contributed by atoms with van der Waals surface area (Å²) in [7, 11) is 4.34. The van der Waals surface area contributed by atoms with E-state index < -0.39 is 8.80 Å². The zero-order chi connectivity index (χ0) is 11.7. The predicted molar refractivity (Wildman–Crippen MR) is 70.3 cm³/mol. The summed E-state index contributed by atoms with van der Waals surface area (Å²) in [5.41, 5.74) is 0. The third kappa shape index (κ3) is 5.84. The van der Waals surface area contributed by atoms with Crippen molar-refractivity contribution in [1.82, 2.24) is 5.32 Å². The van der Waals surface area contributed by atoms with Crippen molar-refractivity contribution in [3.8, 4) is 0 Å². The molecular formula is C8H19NO3S2Si. The van der Waals surface area contributed by atoms with Crippen molar-refractivity contribution in [2.45, 2.75) is 12.5 Å². The number of thioether (sulfide) groups is 1. The SMILES string of the molecule is CNC(=S)SCCC[Si](OC)(OC)OC. The molecule has 0 fully saturated rings. The highest BCUT2D eigenvalue weighted by atomic mass is 32.2. The summed E-state index contributed by atoms with van der Waals surface area (Å²) < 4.78 is 16.7. The van der Waals surface area contributed by atoms with E-state index in [9.17, 15) is 0 Å². The van der Waals surface area contributed by atoms with Gasteiger partial charge in [0.05, 0.1) is 0 Å². The van der Waals surface area contributed by atoms with E-state index in [1.165, 1.54) is 0 Å². The molecule has 1 N–H and O–H groups in total. The molecule has 15 heavy (non-hydrogen) atoms. The Hall–Kier alpha value is 0.337. The number of hydrogen-bond donors (Lipinski definition) is 1. The quantitative estimate of drug-likeness (QED) is 0.429. The second-order valence-corrected chi connectivity index (χ2v) is 7.65. The Morgan fingerprint density at radius 2 is 1.80 bits per heavy atom. The van der Waals surface area contributed by atoms with Gasteiger partial charge in [-0.25, -0.2) is 0 Å². The monoisotopic (exact) mass is 269 g/mol. The van der Waals surface area contributed by atoms with Crippen LogP contribution in [0.25, 0.3) is 0 Å². The highest BCUT2D eigenvalue weighted by molar-refractivity contribution is 8.22.